The molecule has 1 unspecified atom stereocenters. The van der Waals surface area contributed by atoms with Gasteiger partial charge in [0.15, 0.2) is 0 Å². The molecule has 3 aromatic carbocycles. The second-order valence-electron chi connectivity index (χ2n) is 9.30. The molecule has 0 aromatic heterocycles. The van der Waals surface area contributed by atoms with Gasteiger partial charge >= 0.3 is 0 Å². The first-order chi connectivity index (χ1) is 16.0. The van der Waals surface area contributed by atoms with Crippen LogP contribution in [-0.2, 0) is 13.0 Å². The summed E-state index contributed by atoms with van der Waals surface area (Å²) in [5.41, 5.74) is 4.81. The van der Waals surface area contributed by atoms with E-state index in [9.17, 15) is 5.11 Å². The smallest absolute Gasteiger partial charge is 0.123 e. The third-order valence-electron chi connectivity index (χ3n) is 6.29. The van der Waals surface area contributed by atoms with Gasteiger partial charge in [-0.1, -0.05) is 72.8 Å². The highest BCUT2D eigenvalue weighted by molar-refractivity contribution is 5.45. The Morgan fingerprint density at radius 3 is 2.03 bits per heavy atom. The number of hydrogen-bond donors (Lipinski definition) is 1. The van der Waals surface area contributed by atoms with Gasteiger partial charge in [0, 0.05) is 30.2 Å². The van der Waals surface area contributed by atoms with Gasteiger partial charge < -0.3 is 9.84 Å². The van der Waals surface area contributed by atoms with Crippen LogP contribution in [0.4, 0.5) is 0 Å². The third-order valence-corrected chi connectivity index (χ3v) is 6.29. The van der Waals surface area contributed by atoms with E-state index in [2.05, 4.69) is 93.3 Å². The molecule has 0 aliphatic carbocycles. The molecule has 0 bridgehead atoms. The zero-order valence-corrected chi connectivity index (χ0v) is 20.6. The molecule has 0 aliphatic rings. The Labute approximate surface area is 200 Å². The maximum absolute atomic E-state index is 9.55. The fraction of sp³-hybridized carbons (Fsp3) is 0.400. The maximum Gasteiger partial charge on any atom is 0.123 e. The van der Waals surface area contributed by atoms with Crippen LogP contribution in [0.3, 0.4) is 0 Å². The van der Waals surface area contributed by atoms with E-state index in [4.69, 9.17) is 4.74 Å². The zero-order valence-electron chi connectivity index (χ0n) is 20.6. The minimum atomic E-state index is 0.147. The van der Waals surface area contributed by atoms with Gasteiger partial charge in [-0.3, -0.25) is 4.90 Å². The molecule has 0 spiro atoms. The van der Waals surface area contributed by atoms with E-state index >= 15 is 0 Å². The maximum atomic E-state index is 9.55. The van der Waals surface area contributed by atoms with Crippen LogP contribution in [0.1, 0.15) is 62.3 Å². The SMILES string of the molecule is CC(C)N(CCC(c1ccccc1)c1cc(CCO)ccc1OCc1ccccc1)C(C)C. The third kappa shape index (κ3) is 7.18. The fourth-order valence-corrected chi connectivity index (χ4v) is 4.60. The predicted octanol–water partition coefficient (Wildman–Crippen LogP) is 6.44. The Morgan fingerprint density at radius 1 is 0.788 bits per heavy atom. The molecule has 3 heteroatoms. The Hall–Kier alpha value is -2.62. The van der Waals surface area contributed by atoms with Crippen LogP contribution in [0.2, 0.25) is 0 Å². The molecule has 1 N–H and O–H groups in total. The molecule has 0 radical (unpaired) electrons. The first kappa shape index (κ1) is 25.0. The summed E-state index contributed by atoms with van der Waals surface area (Å²) in [6.07, 6.45) is 1.65. The summed E-state index contributed by atoms with van der Waals surface area (Å²) in [5.74, 6) is 1.14. The number of hydrogen-bond acceptors (Lipinski definition) is 3. The average Bonchev–Trinajstić information content (AvgIpc) is 2.82. The second kappa shape index (κ2) is 12.6. The normalized spacial score (nSPS) is 12.5. The van der Waals surface area contributed by atoms with Gasteiger partial charge in [-0.05, 0) is 69.8 Å². The van der Waals surface area contributed by atoms with Gasteiger partial charge in [-0.25, -0.2) is 0 Å². The lowest BCUT2D eigenvalue weighted by Crippen LogP contribution is -2.38. The highest BCUT2D eigenvalue weighted by Gasteiger charge is 2.22. The number of benzene rings is 3. The molecule has 0 saturated heterocycles. The zero-order chi connectivity index (χ0) is 23.6. The van der Waals surface area contributed by atoms with E-state index in [-0.39, 0.29) is 12.5 Å². The molecule has 0 aliphatic heterocycles. The molecular formula is C30H39NO2. The highest BCUT2D eigenvalue weighted by Crippen LogP contribution is 2.36. The first-order valence-electron chi connectivity index (χ1n) is 12.2. The summed E-state index contributed by atoms with van der Waals surface area (Å²) in [7, 11) is 0. The summed E-state index contributed by atoms with van der Waals surface area (Å²) < 4.78 is 6.38. The van der Waals surface area contributed by atoms with Crippen molar-refractivity contribution >= 4 is 0 Å². The van der Waals surface area contributed by atoms with Gasteiger partial charge in [0.05, 0.1) is 0 Å². The van der Waals surface area contributed by atoms with Gasteiger partial charge in [-0.2, -0.15) is 0 Å². The number of rotatable bonds is 12. The second-order valence-corrected chi connectivity index (χ2v) is 9.30. The van der Waals surface area contributed by atoms with E-state index in [1.807, 2.05) is 18.2 Å². The number of aliphatic hydroxyl groups excluding tert-OH is 1. The lowest BCUT2D eigenvalue weighted by molar-refractivity contribution is 0.170. The lowest BCUT2D eigenvalue weighted by Gasteiger charge is -2.32. The minimum absolute atomic E-state index is 0.147. The predicted molar refractivity (Wildman–Crippen MR) is 138 cm³/mol. The topological polar surface area (TPSA) is 32.7 Å². The van der Waals surface area contributed by atoms with Crippen LogP contribution >= 0.6 is 0 Å². The molecular weight excluding hydrogens is 406 g/mol. The lowest BCUT2D eigenvalue weighted by atomic mass is 9.86. The van der Waals surface area contributed by atoms with Crippen LogP contribution < -0.4 is 4.74 Å². The van der Waals surface area contributed by atoms with Crippen molar-refractivity contribution < 1.29 is 9.84 Å². The Bertz CT molecular complexity index is 946. The van der Waals surface area contributed by atoms with Crippen molar-refractivity contribution in [3.63, 3.8) is 0 Å². The highest BCUT2D eigenvalue weighted by atomic mass is 16.5. The van der Waals surface area contributed by atoms with Crippen molar-refractivity contribution in [1.29, 1.82) is 0 Å². The van der Waals surface area contributed by atoms with Gasteiger partial charge in [-0.15, -0.1) is 0 Å². The quantitative estimate of drug-likeness (QED) is 0.348. The molecule has 0 fully saturated rings. The summed E-state index contributed by atoms with van der Waals surface area (Å²) in [5, 5.41) is 9.55. The molecule has 0 amide bonds. The molecule has 3 aromatic rings. The largest absolute Gasteiger partial charge is 0.489 e. The van der Waals surface area contributed by atoms with Gasteiger partial charge in [0.25, 0.3) is 0 Å². The number of nitrogens with zero attached hydrogens (tertiary/aromatic N) is 1. The monoisotopic (exact) mass is 445 g/mol. The van der Waals surface area contributed by atoms with Crippen molar-refractivity contribution in [3.05, 3.63) is 101 Å². The standard InChI is InChI=1S/C30H39NO2/c1-23(2)31(24(3)4)19-17-28(27-13-9-6-10-14-27)29-21-25(18-20-32)15-16-30(29)33-22-26-11-7-5-8-12-26/h5-16,21,23-24,28,32H,17-20,22H2,1-4H3. The average molecular weight is 446 g/mol. The van der Waals surface area contributed by atoms with Crippen molar-refractivity contribution in [1.82, 2.24) is 4.90 Å². The Kier molecular flexibility index (Phi) is 9.53. The van der Waals surface area contributed by atoms with Crippen molar-refractivity contribution in [2.45, 2.75) is 65.1 Å². The van der Waals surface area contributed by atoms with Crippen LogP contribution in [0.25, 0.3) is 0 Å². The van der Waals surface area contributed by atoms with Crippen LogP contribution in [0.5, 0.6) is 5.75 Å². The number of ether oxygens (including phenoxy) is 1. The van der Waals surface area contributed by atoms with Crippen LogP contribution in [0, 0.1) is 0 Å². The summed E-state index contributed by atoms with van der Waals surface area (Å²) >= 11 is 0. The molecule has 176 valence electrons. The minimum Gasteiger partial charge on any atom is -0.489 e. The van der Waals surface area contributed by atoms with E-state index in [1.165, 1.54) is 11.1 Å². The van der Waals surface area contributed by atoms with Crippen molar-refractivity contribution in [2.75, 3.05) is 13.2 Å². The van der Waals surface area contributed by atoms with E-state index < -0.39 is 0 Å². The van der Waals surface area contributed by atoms with Crippen molar-refractivity contribution in [2.24, 2.45) is 0 Å². The molecule has 33 heavy (non-hydrogen) atoms. The molecule has 3 nitrogen and oxygen atoms in total. The van der Waals surface area contributed by atoms with Crippen LogP contribution in [0.15, 0.2) is 78.9 Å². The Balaban J connectivity index is 1.96. The van der Waals surface area contributed by atoms with Crippen molar-refractivity contribution in [3.8, 4) is 5.75 Å². The molecule has 3 rings (SSSR count). The van der Waals surface area contributed by atoms with Crippen LogP contribution in [-0.4, -0.2) is 35.2 Å². The first-order valence-corrected chi connectivity index (χ1v) is 12.2. The fourth-order valence-electron chi connectivity index (χ4n) is 4.60. The summed E-state index contributed by atoms with van der Waals surface area (Å²) in [6, 6.07) is 28.5. The summed E-state index contributed by atoms with van der Waals surface area (Å²) in [6.45, 7) is 10.8. The van der Waals surface area contributed by atoms with E-state index in [0.717, 1.165) is 29.8 Å². The molecule has 0 heterocycles. The van der Waals surface area contributed by atoms with Gasteiger partial charge in [0.2, 0.25) is 0 Å². The summed E-state index contributed by atoms with van der Waals surface area (Å²) in [4.78, 5) is 2.55. The number of aliphatic hydroxyl groups is 1. The van der Waals surface area contributed by atoms with Gasteiger partial charge in [0.1, 0.15) is 12.4 Å². The molecule has 1 atom stereocenters. The van der Waals surface area contributed by atoms with E-state index in [0.29, 0.717) is 25.1 Å². The Morgan fingerprint density at radius 2 is 1.42 bits per heavy atom. The van der Waals surface area contributed by atoms with E-state index in [1.54, 1.807) is 0 Å². The molecule has 0 saturated carbocycles.